The lowest BCUT2D eigenvalue weighted by Crippen LogP contribution is -2.02. The van der Waals surface area contributed by atoms with Crippen LogP contribution in [0.2, 0.25) is 0 Å². The Morgan fingerprint density at radius 3 is 2.83 bits per heavy atom. The van der Waals surface area contributed by atoms with Gasteiger partial charge in [-0.15, -0.1) is 16.4 Å². The van der Waals surface area contributed by atoms with Crippen LogP contribution in [0.3, 0.4) is 0 Å². The molecule has 3 aromatic rings. The van der Waals surface area contributed by atoms with E-state index in [1.54, 1.807) is 17.4 Å². The van der Waals surface area contributed by atoms with Crippen LogP contribution in [0.4, 0.5) is 0 Å². The van der Waals surface area contributed by atoms with Crippen LogP contribution in [0.25, 0.3) is 12.2 Å². The first kappa shape index (κ1) is 16.7. The number of aromatic nitrogens is 3. The van der Waals surface area contributed by atoms with Gasteiger partial charge in [-0.25, -0.2) is 4.98 Å². The lowest BCUT2D eigenvalue weighted by Gasteiger charge is -1.97. The quantitative estimate of drug-likeness (QED) is 0.517. The van der Waals surface area contributed by atoms with Crippen molar-refractivity contribution in [3.05, 3.63) is 50.9 Å². The highest BCUT2D eigenvalue weighted by Gasteiger charge is 2.13. The van der Waals surface area contributed by atoms with E-state index in [4.69, 9.17) is 4.42 Å². The number of aromatic amines is 1. The lowest BCUT2D eigenvalue weighted by atomic mass is 10.2. The molecule has 0 bridgehead atoms. The molecule has 3 rings (SSSR count). The molecule has 0 radical (unpaired) electrons. The van der Waals surface area contributed by atoms with Gasteiger partial charge in [-0.05, 0) is 51.1 Å². The summed E-state index contributed by atoms with van der Waals surface area (Å²) in [6.45, 7) is 5.88. The number of nitrogens with one attached hydrogen (secondary N) is 1. The standard InChI is InChI=1S/C17H17N3O2S2/c1-10-4-5-13(22-10)6-7-16-18-17(20-19-16)23-9-15(21)14-8-11(2)24-12(14)3/h4-8H,9H2,1-3H3,(H,18,19,20)/b7-6+. The van der Waals surface area contributed by atoms with Crippen LogP contribution in [-0.2, 0) is 0 Å². The van der Waals surface area contributed by atoms with Gasteiger partial charge in [0.1, 0.15) is 17.3 Å². The average Bonchev–Trinajstić information content (AvgIpc) is 3.23. The van der Waals surface area contributed by atoms with Gasteiger partial charge < -0.3 is 4.42 Å². The molecule has 0 saturated carbocycles. The Labute approximate surface area is 148 Å². The molecule has 0 saturated heterocycles. The van der Waals surface area contributed by atoms with E-state index in [0.717, 1.165) is 26.8 Å². The summed E-state index contributed by atoms with van der Waals surface area (Å²) in [5, 5.41) is 7.52. The zero-order valence-corrected chi connectivity index (χ0v) is 15.3. The van der Waals surface area contributed by atoms with Crippen molar-refractivity contribution in [3.63, 3.8) is 0 Å². The second-order valence-corrected chi connectivity index (χ2v) is 7.73. The van der Waals surface area contributed by atoms with E-state index in [1.165, 1.54) is 11.8 Å². The second-order valence-electron chi connectivity index (χ2n) is 5.32. The first-order valence-corrected chi connectivity index (χ1v) is 9.21. The number of Topliss-reactive ketones (excluding diaryl/α,β-unsaturated/α-hetero) is 1. The molecule has 7 heteroatoms. The number of carbonyl (C=O) groups excluding carboxylic acids is 1. The third kappa shape index (κ3) is 4.04. The third-order valence-corrected chi connectivity index (χ3v) is 5.14. The van der Waals surface area contributed by atoms with Crippen LogP contribution in [0.1, 0.15) is 37.5 Å². The van der Waals surface area contributed by atoms with Gasteiger partial charge in [-0.2, -0.15) is 0 Å². The van der Waals surface area contributed by atoms with Crippen molar-refractivity contribution in [2.75, 3.05) is 5.75 Å². The number of nitrogens with zero attached hydrogens (tertiary/aromatic N) is 2. The van der Waals surface area contributed by atoms with E-state index in [9.17, 15) is 4.79 Å². The van der Waals surface area contributed by atoms with E-state index in [1.807, 2.05) is 45.0 Å². The molecule has 0 fully saturated rings. The van der Waals surface area contributed by atoms with Crippen molar-refractivity contribution in [1.82, 2.24) is 15.2 Å². The van der Waals surface area contributed by atoms with E-state index in [-0.39, 0.29) is 5.78 Å². The van der Waals surface area contributed by atoms with Gasteiger partial charge in [0.05, 0.1) is 5.75 Å². The molecule has 0 aromatic carbocycles. The molecule has 0 atom stereocenters. The molecule has 0 spiro atoms. The summed E-state index contributed by atoms with van der Waals surface area (Å²) in [6.07, 6.45) is 3.62. The van der Waals surface area contributed by atoms with Crippen LogP contribution in [0, 0.1) is 20.8 Å². The summed E-state index contributed by atoms with van der Waals surface area (Å²) < 4.78 is 5.46. The number of H-pyrrole nitrogens is 1. The molecule has 0 unspecified atom stereocenters. The zero-order chi connectivity index (χ0) is 17.1. The topological polar surface area (TPSA) is 71.8 Å². The number of carbonyl (C=O) groups is 1. The molecule has 3 aromatic heterocycles. The van der Waals surface area contributed by atoms with Crippen molar-refractivity contribution in [3.8, 4) is 0 Å². The molecule has 0 aliphatic rings. The largest absolute Gasteiger partial charge is 0.462 e. The average molecular weight is 359 g/mol. The number of hydrogen-bond donors (Lipinski definition) is 1. The maximum Gasteiger partial charge on any atom is 0.209 e. The molecular formula is C17H17N3O2S2. The number of ketones is 1. The third-order valence-electron chi connectivity index (χ3n) is 3.32. The maximum absolute atomic E-state index is 12.3. The summed E-state index contributed by atoms with van der Waals surface area (Å²) in [4.78, 5) is 18.8. The Bertz CT molecular complexity index is 889. The second kappa shape index (κ2) is 7.19. The zero-order valence-electron chi connectivity index (χ0n) is 13.6. The van der Waals surface area contributed by atoms with Gasteiger partial charge in [0.15, 0.2) is 5.78 Å². The molecule has 5 nitrogen and oxygen atoms in total. The number of furan rings is 1. The predicted octanol–water partition coefficient (Wildman–Crippen LogP) is 4.53. The van der Waals surface area contributed by atoms with Gasteiger partial charge in [0.25, 0.3) is 0 Å². The van der Waals surface area contributed by atoms with E-state index in [0.29, 0.717) is 16.7 Å². The van der Waals surface area contributed by atoms with Crippen LogP contribution in [-0.4, -0.2) is 26.7 Å². The number of thiophene rings is 1. The molecule has 124 valence electrons. The fourth-order valence-electron chi connectivity index (χ4n) is 2.22. The maximum atomic E-state index is 12.3. The number of hydrogen-bond acceptors (Lipinski definition) is 6. The van der Waals surface area contributed by atoms with Crippen molar-refractivity contribution < 1.29 is 9.21 Å². The normalized spacial score (nSPS) is 11.5. The van der Waals surface area contributed by atoms with Crippen LogP contribution < -0.4 is 0 Å². The van der Waals surface area contributed by atoms with Gasteiger partial charge in [0, 0.05) is 15.3 Å². The van der Waals surface area contributed by atoms with Crippen LogP contribution in [0.15, 0.2) is 27.8 Å². The van der Waals surface area contributed by atoms with Crippen molar-refractivity contribution >= 4 is 41.0 Å². The fourth-order valence-corrected chi connectivity index (χ4v) is 3.85. The van der Waals surface area contributed by atoms with Crippen molar-refractivity contribution in [2.24, 2.45) is 0 Å². The summed E-state index contributed by atoms with van der Waals surface area (Å²) in [7, 11) is 0. The highest BCUT2D eigenvalue weighted by Crippen LogP contribution is 2.23. The Kier molecular flexibility index (Phi) is 5.01. The Morgan fingerprint density at radius 1 is 1.33 bits per heavy atom. The minimum absolute atomic E-state index is 0.106. The smallest absolute Gasteiger partial charge is 0.209 e. The molecule has 0 amide bonds. The number of aryl methyl sites for hydroxylation is 3. The minimum atomic E-state index is 0.106. The minimum Gasteiger partial charge on any atom is -0.462 e. The fraction of sp³-hybridized carbons (Fsp3) is 0.235. The SMILES string of the molecule is Cc1ccc(/C=C/c2nc(SCC(=O)c3cc(C)sc3C)n[nH]2)o1. The van der Waals surface area contributed by atoms with Gasteiger partial charge in [-0.1, -0.05) is 11.8 Å². The van der Waals surface area contributed by atoms with Gasteiger partial charge >= 0.3 is 0 Å². The highest BCUT2D eigenvalue weighted by molar-refractivity contribution is 7.99. The molecule has 3 heterocycles. The Balaban J connectivity index is 1.59. The first-order valence-electron chi connectivity index (χ1n) is 7.41. The lowest BCUT2D eigenvalue weighted by molar-refractivity contribution is 0.102. The van der Waals surface area contributed by atoms with Gasteiger partial charge in [-0.3, -0.25) is 9.89 Å². The first-order chi connectivity index (χ1) is 11.5. The van der Waals surface area contributed by atoms with E-state index >= 15 is 0 Å². The van der Waals surface area contributed by atoms with Crippen LogP contribution >= 0.6 is 23.1 Å². The molecule has 0 aliphatic carbocycles. The molecule has 0 aliphatic heterocycles. The van der Waals surface area contributed by atoms with Gasteiger partial charge in [0.2, 0.25) is 5.16 Å². The van der Waals surface area contributed by atoms with Crippen molar-refractivity contribution in [1.29, 1.82) is 0 Å². The van der Waals surface area contributed by atoms with Crippen molar-refractivity contribution in [2.45, 2.75) is 25.9 Å². The Hall–Kier alpha value is -2.12. The molecule has 1 N–H and O–H groups in total. The summed E-state index contributed by atoms with van der Waals surface area (Å²) in [5.41, 5.74) is 0.800. The summed E-state index contributed by atoms with van der Waals surface area (Å²) >= 11 is 2.98. The predicted molar refractivity (Wildman–Crippen MR) is 97.6 cm³/mol. The monoisotopic (exact) mass is 359 g/mol. The van der Waals surface area contributed by atoms with E-state index < -0.39 is 0 Å². The highest BCUT2D eigenvalue weighted by atomic mass is 32.2. The number of thioether (sulfide) groups is 1. The van der Waals surface area contributed by atoms with E-state index in [2.05, 4.69) is 15.2 Å². The summed E-state index contributed by atoms with van der Waals surface area (Å²) in [5.74, 6) is 2.68. The Morgan fingerprint density at radius 2 is 2.17 bits per heavy atom. The summed E-state index contributed by atoms with van der Waals surface area (Å²) in [6, 6.07) is 5.74. The van der Waals surface area contributed by atoms with Crippen LogP contribution in [0.5, 0.6) is 0 Å². The molecule has 24 heavy (non-hydrogen) atoms. The molecular weight excluding hydrogens is 342 g/mol. The number of rotatable bonds is 6.